The monoisotopic (exact) mass is 521 g/mol. The fraction of sp³-hybridized carbons (Fsp3) is 0.346. The number of β-amino-alcohol motifs (C(OH)–C–C–N with tert-alkyl or cyclic N) is 1. The van der Waals surface area contributed by atoms with E-state index in [1.54, 1.807) is 18.0 Å². The maximum absolute atomic E-state index is 9.25. The second kappa shape index (κ2) is 14.1. The molecule has 0 atom stereocenters. The number of nitrogens with zero attached hydrogens (tertiary/aromatic N) is 7. The molecule has 188 valence electrons. The van der Waals surface area contributed by atoms with Gasteiger partial charge in [0.2, 0.25) is 5.95 Å². The summed E-state index contributed by atoms with van der Waals surface area (Å²) in [4.78, 5) is 28.8. The van der Waals surface area contributed by atoms with E-state index < -0.39 is 0 Å². The van der Waals surface area contributed by atoms with Gasteiger partial charge in [-0.05, 0) is 42.8 Å². The van der Waals surface area contributed by atoms with Crippen molar-refractivity contribution in [2.75, 3.05) is 50.0 Å². The number of benzene rings is 1. The molecule has 1 aliphatic heterocycles. The number of piperazine rings is 1. The Labute approximate surface area is 221 Å². The summed E-state index contributed by atoms with van der Waals surface area (Å²) in [6, 6.07) is 10.1. The van der Waals surface area contributed by atoms with Gasteiger partial charge in [-0.2, -0.15) is 19.9 Å². The minimum absolute atomic E-state index is 0.171. The molecule has 0 unspecified atom stereocenters. The Kier molecular flexibility index (Phi) is 10.3. The molecule has 1 fully saturated rings. The maximum atomic E-state index is 9.25. The van der Waals surface area contributed by atoms with Crippen molar-refractivity contribution in [3.63, 3.8) is 0 Å². The smallest absolute Gasteiger partial charge is 0.257 e. The van der Waals surface area contributed by atoms with Gasteiger partial charge >= 0.3 is 0 Å². The molecule has 0 radical (unpaired) electrons. The van der Waals surface area contributed by atoms with Crippen LogP contribution in [0, 0.1) is 0 Å². The zero-order valence-corrected chi connectivity index (χ0v) is 22.0. The van der Waals surface area contributed by atoms with E-state index in [9.17, 15) is 5.11 Å². The van der Waals surface area contributed by atoms with Crippen LogP contribution in [0.4, 0.5) is 11.9 Å². The molecule has 1 aliphatic carbocycles. The number of amidine groups is 1. The normalized spacial score (nSPS) is 17.0. The zero-order valence-electron chi connectivity index (χ0n) is 20.4. The molecule has 2 heterocycles. The number of hydrogen-bond donors (Lipinski definition) is 1. The van der Waals surface area contributed by atoms with Crippen LogP contribution >= 0.6 is 23.5 Å². The van der Waals surface area contributed by atoms with Gasteiger partial charge in [0.05, 0.1) is 6.61 Å². The van der Waals surface area contributed by atoms with E-state index in [0.717, 1.165) is 43.2 Å². The predicted octanol–water partition coefficient (Wildman–Crippen LogP) is 4.39. The molecule has 4 rings (SSSR count). The average Bonchev–Trinajstić information content (AvgIpc) is 3.18. The zero-order chi connectivity index (χ0) is 25.0. The molecule has 8 nitrogen and oxygen atoms in total. The summed E-state index contributed by atoms with van der Waals surface area (Å²) in [5.74, 6) is 1.75. The van der Waals surface area contributed by atoms with E-state index in [1.165, 1.54) is 17.3 Å². The predicted molar refractivity (Wildman–Crippen MR) is 151 cm³/mol. The Morgan fingerprint density at radius 1 is 1.08 bits per heavy atom. The quantitative estimate of drug-likeness (QED) is 0.404. The number of hydrogen-bond acceptors (Lipinski definition) is 9. The van der Waals surface area contributed by atoms with Gasteiger partial charge in [0.1, 0.15) is 0 Å². The number of aliphatic imine (C=N–C) groups is 2. The molecule has 0 bridgehead atoms. The Morgan fingerprint density at radius 3 is 2.69 bits per heavy atom. The number of aromatic nitrogens is 3. The van der Waals surface area contributed by atoms with Gasteiger partial charge in [0.15, 0.2) is 10.3 Å². The van der Waals surface area contributed by atoms with Crippen molar-refractivity contribution in [3.05, 3.63) is 66.3 Å². The first-order chi connectivity index (χ1) is 17.7. The van der Waals surface area contributed by atoms with Crippen molar-refractivity contribution in [1.82, 2.24) is 19.9 Å². The molecule has 10 heteroatoms. The summed E-state index contributed by atoms with van der Waals surface area (Å²) in [5.41, 5.74) is 1.24. The van der Waals surface area contributed by atoms with E-state index >= 15 is 0 Å². The molecule has 1 saturated heterocycles. The van der Waals surface area contributed by atoms with Gasteiger partial charge in [-0.3, -0.25) is 4.90 Å². The molecule has 1 aromatic heterocycles. The second-order valence-corrected chi connectivity index (χ2v) is 10.0. The number of allylic oxidation sites excluding steroid dienone is 5. The standard InChI is InChI=1S/C26H31N7OS2/c1-2-27-25(35-20-21-10-6-3-4-7-11-21)29-23-28-24(33-16-14-32(15-17-33)18-19-34)31-26(30-23)36-22-12-8-5-9-13-22/h2-6,8-13,34H,7,14-20H2,1H3. The maximum Gasteiger partial charge on any atom is 0.257 e. The number of anilines is 1. The Hall–Kier alpha value is -2.79. The van der Waals surface area contributed by atoms with Crippen LogP contribution < -0.4 is 4.90 Å². The molecule has 1 N–H and O–H groups in total. The lowest BCUT2D eigenvalue weighted by molar-refractivity contribution is 0.188. The first-order valence-corrected chi connectivity index (χ1v) is 13.8. The first-order valence-electron chi connectivity index (χ1n) is 12.0. The molecule has 0 saturated carbocycles. The highest BCUT2D eigenvalue weighted by Crippen LogP contribution is 2.28. The van der Waals surface area contributed by atoms with Gasteiger partial charge < -0.3 is 10.0 Å². The number of aliphatic hydroxyl groups excluding tert-OH is 1. The number of thioether (sulfide) groups is 1. The van der Waals surface area contributed by atoms with Crippen molar-refractivity contribution in [2.45, 2.75) is 23.4 Å². The molecule has 0 amide bonds. The van der Waals surface area contributed by atoms with Crippen LogP contribution in [0.15, 0.2) is 86.3 Å². The fourth-order valence-corrected chi connectivity index (χ4v) is 5.25. The molecule has 2 aromatic rings. The lowest BCUT2D eigenvalue weighted by atomic mass is 10.2. The van der Waals surface area contributed by atoms with Gasteiger partial charge in [0.25, 0.3) is 5.95 Å². The summed E-state index contributed by atoms with van der Waals surface area (Å²) in [7, 11) is 0. The van der Waals surface area contributed by atoms with Gasteiger partial charge in [0, 0.05) is 49.6 Å². The lowest BCUT2D eigenvalue weighted by Gasteiger charge is -2.34. The third-order valence-corrected chi connectivity index (χ3v) is 7.30. The van der Waals surface area contributed by atoms with Crippen LogP contribution in [-0.4, -0.2) is 81.4 Å². The minimum atomic E-state index is 0.171. The highest BCUT2D eigenvalue weighted by Gasteiger charge is 2.20. The van der Waals surface area contributed by atoms with Crippen LogP contribution in [0.1, 0.15) is 13.3 Å². The molecule has 1 aromatic carbocycles. The van der Waals surface area contributed by atoms with E-state index in [-0.39, 0.29) is 6.61 Å². The summed E-state index contributed by atoms with van der Waals surface area (Å²) in [6.45, 7) is 6.01. The number of aliphatic hydroxyl groups is 1. The first kappa shape index (κ1) is 26.3. The summed E-state index contributed by atoms with van der Waals surface area (Å²) < 4.78 is 0. The van der Waals surface area contributed by atoms with Crippen molar-refractivity contribution in [2.24, 2.45) is 9.98 Å². The average molecular weight is 522 g/mol. The molecule has 2 aliphatic rings. The molecule has 0 spiro atoms. The van der Waals surface area contributed by atoms with Crippen LogP contribution in [0.2, 0.25) is 0 Å². The van der Waals surface area contributed by atoms with E-state index in [1.807, 2.05) is 37.3 Å². The molecule has 36 heavy (non-hydrogen) atoms. The van der Waals surface area contributed by atoms with Crippen molar-refractivity contribution >= 4 is 46.8 Å². The van der Waals surface area contributed by atoms with Crippen molar-refractivity contribution in [1.29, 1.82) is 0 Å². The van der Waals surface area contributed by atoms with Crippen LogP contribution in [0.3, 0.4) is 0 Å². The summed E-state index contributed by atoms with van der Waals surface area (Å²) in [5, 5.41) is 10.5. The Morgan fingerprint density at radius 2 is 1.92 bits per heavy atom. The topological polar surface area (TPSA) is 90.1 Å². The SMILES string of the molecule is CC=NC(=Nc1nc(Sc2ccccc2)nc(N2CCN(CCO)CC2)n1)SCC1=CCC=CC=C1. The van der Waals surface area contributed by atoms with Crippen molar-refractivity contribution < 1.29 is 5.11 Å². The third kappa shape index (κ3) is 8.12. The summed E-state index contributed by atoms with van der Waals surface area (Å²) in [6.07, 6.45) is 13.3. The Bertz CT molecular complexity index is 1140. The van der Waals surface area contributed by atoms with E-state index in [0.29, 0.717) is 28.8 Å². The van der Waals surface area contributed by atoms with Crippen LogP contribution in [0.5, 0.6) is 0 Å². The summed E-state index contributed by atoms with van der Waals surface area (Å²) >= 11 is 3.06. The van der Waals surface area contributed by atoms with Gasteiger partial charge in [-0.15, -0.1) is 0 Å². The van der Waals surface area contributed by atoms with E-state index in [4.69, 9.17) is 15.0 Å². The number of rotatable bonds is 8. The third-order valence-electron chi connectivity index (χ3n) is 5.49. The minimum Gasteiger partial charge on any atom is -0.395 e. The van der Waals surface area contributed by atoms with Crippen molar-refractivity contribution in [3.8, 4) is 0 Å². The van der Waals surface area contributed by atoms with Crippen LogP contribution in [0.25, 0.3) is 0 Å². The Balaban J connectivity index is 1.58. The van der Waals surface area contributed by atoms with Crippen LogP contribution in [-0.2, 0) is 0 Å². The molecular weight excluding hydrogens is 490 g/mol. The van der Waals surface area contributed by atoms with Gasteiger partial charge in [-0.25, -0.2) is 4.99 Å². The largest absolute Gasteiger partial charge is 0.395 e. The highest BCUT2D eigenvalue weighted by atomic mass is 32.2. The fourth-order valence-electron chi connectivity index (χ4n) is 3.65. The van der Waals surface area contributed by atoms with Gasteiger partial charge in [-0.1, -0.05) is 60.3 Å². The second-order valence-electron chi connectivity index (χ2n) is 8.06. The highest BCUT2D eigenvalue weighted by molar-refractivity contribution is 8.14. The lowest BCUT2D eigenvalue weighted by Crippen LogP contribution is -2.47. The molecular formula is C26H31N7OS2. The van der Waals surface area contributed by atoms with E-state index in [2.05, 4.69) is 50.2 Å².